The molecule has 26 heavy (non-hydrogen) atoms. The predicted octanol–water partition coefficient (Wildman–Crippen LogP) is 1.48. The highest BCUT2D eigenvalue weighted by Gasteiger charge is 2.33. The largest absolute Gasteiger partial charge is 0.281 e. The lowest BCUT2D eigenvalue weighted by atomic mass is 9.92. The molecule has 1 fully saturated rings. The number of aryl methyl sites for hydroxylation is 2. The summed E-state index contributed by atoms with van der Waals surface area (Å²) >= 11 is 0. The van der Waals surface area contributed by atoms with Crippen molar-refractivity contribution in [3.63, 3.8) is 0 Å². The summed E-state index contributed by atoms with van der Waals surface area (Å²) in [6, 6.07) is 0. The summed E-state index contributed by atoms with van der Waals surface area (Å²) in [5, 5.41) is 4.49. The summed E-state index contributed by atoms with van der Waals surface area (Å²) < 4.78 is 29.7. The zero-order valence-corrected chi connectivity index (χ0v) is 16.8. The van der Waals surface area contributed by atoms with Crippen LogP contribution in [0.15, 0.2) is 12.4 Å². The molecular weight excluding hydrogens is 352 g/mol. The monoisotopic (exact) mass is 378 g/mol. The van der Waals surface area contributed by atoms with E-state index in [1.54, 1.807) is 30.8 Å². The zero-order valence-electron chi connectivity index (χ0n) is 16.0. The van der Waals surface area contributed by atoms with Crippen LogP contribution in [0.1, 0.15) is 35.8 Å². The first-order valence-corrected chi connectivity index (χ1v) is 10.1. The lowest BCUT2D eigenvalue weighted by molar-refractivity contribution is 0.296. The highest BCUT2D eigenvalue weighted by atomic mass is 32.2. The number of rotatable bonds is 4. The van der Waals surface area contributed by atoms with Gasteiger partial charge >= 0.3 is 0 Å². The third-order valence-corrected chi connectivity index (χ3v) is 6.94. The van der Waals surface area contributed by atoms with Crippen LogP contribution >= 0.6 is 0 Å². The fourth-order valence-electron chi connectivity index (χ4n) is 3.56. The normalized spacial score (nSPS) is 19.2. The van der Waals surface area contributed by atoms with Crippen molar-refractivity contribution in [1.29, 1.82) is 0 Å². The summed E-state index contributed by atoms with van der Waals surface area (Å²) in [7, 11) is 1.61. The number of piperidine rings is 1. The van der Waals surface area contributed by atoms with Crippen molar-refractivity contribution in [2.75, 3.05) is 27.2 Å². The molecule has 2 aromatic heterocycles. The Kier molecular flexibility index (Phi) is 5.14. The van der Waals surface area contributed by atoms with Crippen molar-refractivity contribution in [3.8, 4) is 11.3 Å². The summed E-state index contributed by atoms with van der Waals surface area (Å²) in [5.41, 5.74) is 4.58. The maximum Gasteiger partial charge on any atom is 0.281 e. The molecule has 0 radical (unpaired) electrons. The van der Waals surface area contributed by atoms with E-state index in [-0.39, 0.29) is 5.92 Å². The molecule has 3 heterocycles. The van der Waals surface area contributed by atoms with Gasteiger partial charge < -0.3 is 0 Å². The maximum absolute atomic E-state index is 12.5. The van der Waals surface area contributed by atoms with Crippen LogP contribution in [-0.4, -0.2) is 64.0 Å². The lowest BCUT2D eigenvalue weighted by Gasteiger charge is -2.33. The van der Waals surface area contributed by atoms with E-state index in [1.807, 2.05) is 25.6 Å². The fourth-order valence-corrected chi connectivity index (χ4v) is 4.75. The Morgan fingerprint density at radius 2 is 1.88 bits per heavy atom. The van der Waals surface area contributed by atoms with E-state index >= 15 is 0 Å². The minimum absolute atomic E-state index is 0.0150. The van der Waals surface area contributed by atoms with Gasteiger partial charge in [0.25, 0.3) is 10.2 Å². The molecule has 1 atom stereocenters. The van der Waals surface area contributed by atoms with Crippen molar-refractivity contribution >= 4 is 10.2 Å². The Hall–Kier alpha value is -1.84. The Morgan fingerprint density at radius 1 is 1.19 bits per heavy atom. The van der Waals surface area contributed by atoms with E-state index in [0.717, 1.165) is 41.2 Å². The van der Waals surface area contributed by atoms with Crippen LogP contribution < -0.4 is 0 Å². The van der Waals surface area contributed by atoms with Crippen LogP contribution in [-0.2, 0) is 17.3 Å². The van der Waals surface area contributed by atoms with Crippen molar-refractivity contribution in [2.45, 2.75) is 32.6 Å². The molecule has 0 aromatic carbocycles. The number of hydrogen-bond donors (Lipinski definition) is 0. The van der Waals surface area contributed by atoms with Gasteiger partial charge in [-0.15, -0.1) is 0 Å². The first kappa shape index (κ1) is 18.9. The van der Waals surface area contributed by atoms with E-state index in [9.17, 15) is 8.42 Å². The molecule has 142 valence electrons. The second kappa shape index (κ2) is 7.05. The third kappa shape index (κ3) is 3.26. The van der Waals surface area contributed by atoms with Crippen molar-refractivity contribution in [2.24, 2.45) is 7.05 Å². The van der Waals surface area contributed by atoms with Crippen LogP contribution in [0.25, 0.3) is 11.3 Å². The highest BCUT2D eigenvalue weighted by molar-refractivity contribution is 7.86. The zero-order chi connectivity index (χ0) is 19.1. The van der Waals surface area contributed by atoms with Gasteiger partial charge in [-0.2, -0.15) is 22.1 Å². The topological polar surface area (TPSA) is 84.2 Å². The van der Waals surface area contributed by atoms with Crippen LogP contribution in [0, 0.1) is 13.8 Å². The molecule has 0 bridgehead atoms. The highest BCUT2D eigenvalue weighted by Crippen LogP contribution is 2.35. The SMILES string of the molecule is Cc1nn(C)c(C)c1-c1nccnc1[C@H]1CCCN(S(=O)(=O)N(C)C)C1. The molecule has 0 saturated carbocycles. The molecule has 1 aliphatic heterocycles. The van der Waals surface area contributed by atoms with Crippen LogP contribution in [0.5, 0.6) is 0 Å². The average Bonchev–Trinajstić information content (AvgIpc) is 2.87. The number of nitrogens with zero attached hydrogens (tertiary/aromatic N) is 6. The number of aromatic nitrogens is 4. The van der Waals surface area contributed by atoms with E-state index in [0.29, 0.717) is 13.1 Å². The molecule has 8 nitrogen and oxygen atoms in total. The summed E-state index contributed by atoms with van der Waals surface area (Å²) in [6.07, 6.45) is 5.06. The second-order valence-electron chi connectivity index (χ2n) is 6.95. The summed E-state index contributed by atoms with van der Waals surface area (Å²) in [4.78, 5) is 9.18. The van der Waals surface area contributed by atoms with Crippen molar-refractivity contribution < 1.29 is 8.42 Å². The molecule has 0 N–H and O–H groups in total. The van der Waals surface area contributed by atoms with Crippen LogP contribution in [0.2, 0.25) is 0 Å². The number of hydrogen-bond acceptors (Lipinski definition) is 5. The molecule has 1 saturated heterocycles. The van der Waals surface area contributed by atoms with Gasteiger partial charge in [0.15, 0.2) is 0 Å². The first-order chi connectivity index (χ1) is 12.2. The van der Waals surface area contributed by atoms with Gasteiger partial charge in [0.1, 0.15) is 0 Å². The van der Waals surface area contributed by atoms with E-state index in [1.165, 1.54) is 4.31 Å². The smallest absolute Gasteiger partial charge is 0.272 e. The Balaban J connectivity index is 2.01. The fraction of sp³-hybridized carbons (Fsp3) is 0.588. The van der Waals surface area contributed by atoms with E-state index < -0.39 is 10.2 Å². The van der Waals surface area contributed by atoms with Gasteiger partial charge in [-0.1, -0.05) is 0 Å². The third-order valence-electron chi connectivity index (χ3n) is 5.03. The molecule has 0 spiro atoms. The van der Waals surface area contributed by atoms with Gasteiger partial charge in [0, 0.05) is 63.8 Å². The molecule has 9 heteroatoms. The van der Waals surface area contributed by atoms with Crippen molar-refractivity contribution in [1.82, 2.24) is 28.4 Å². The minimum atomic E-state index is -3.43. The van der Waals surface area contributed by atoms with Crippen LogP contribution in [0.3, 0.4) is 0 Å². The van der Waals surface area contributed by atoms with Gasteiger partial charge in [-0.3, -0.25) is 14.6 Å². The molecule has 2 aromatic rings. The van der Waals surface area contributed by atoms with Gasteiger partial charge in [-0.25, -0.2) is 0 Å². The Morgan fingerprint density at radius 3 is 2.50 bits per heavy atom. The Bertz CT molecular complexity index is 906. The molecule has 1 aliphatic rings. The lowest BCUT2D eigenvalue weighted by Crippen LogP contribution is -2.45. The molecule has 0 amide bonds. The molecule has 0 aliphatic carbocycles. The first-order valence-electron chi connectivity index (χ1n) is 8.72. The molecular formula is C17H26N6O2S. The maximum atomic E-state index is 12.5. The second-order valence-corrected chi connectivity index (χ2v) is 9.09. The van der Waals surface area contributed by atoms with E-state index in [2.05, 4.69) is 15.1 Å². The summed E-state index contributed by atoms with van der Waals surface area (Å²) in [5.74, 6) is 0.0150. The standard InChI is InChI=1S/C17H26N6O2S/c1-12-15(13(2)22(5)20-12)17-16(18-8-9-19-17)14-7-6-10-23(11-14)26(24,25)21(3)4/h8-9,14H,6-7,10-11H2,1-5H3/t14-/m0/s1. The van der Waals surface area contributed by atoms with Crippen LogP contribution in [0.4, 0.5) is 0 Å². The minimum Gasteiger partial charge on any atom is -0.272 e. The van der Waals surface area contributed by atoms with Gasteiger partial charge in [0.2, 0.25) is 0 Å². The Labute approximate surface area is 155 Å². The summed E-state index contributed by atoms with van der Waals surface area (Å²) in [6.45, 7) is 4.93. The van der Waals surface area contributed by atoms with Gasteiger partial charge in [-0.05, 0) is 26.7 Å². The quantitative estimate of drug-likeness (QED) is 0.805. The predicted molar refractivity (Wildman–Crippen MR) is 99.9 cm³/mol. The molecule has 0 unspecified atom stereocenters. The van der Waals surface area contributed by atoms with Crippen molar-refractivity contribution in [3.05, 3.63) is 29.5 Å². The molecule has 3 rings (SSSR count). The average molecular weight is 379 g/mol. The van der Waals surface area contributed by atoms with E-state index in [4.69, 9.17) is 0 Å². The van der Waals surface area contributed by atoms with Gasteiger partial charge in [0.05, 0.1) is 17.1 Å².